The minimum absolute atomic E-state index is 0.0521. The number of carbonyl (C=O) groups is 1. The van der Waals surface area contributed by atoms with Crippen molar-refractivity contribution < 1.29 is 32.0 Å². The third-order valence-corrected chi connectivity index (χ3v) is 8.59. The normalized spacial score (nSPS) is 13.4. The number of aliphatic hydroxyl groups excluding tert-OH is 1. The zero-order valence-corrected chi connectivity index (χ0v) is 23.8. The largest absolute Gasteiger partial charge is 0.497 e. The second kappa shape index (κ2) is 14.3. The molecule has 42 heavy (non-hydrogen) atoms. The van der Waals surface area contributed by atoms with E-state index in [4.69, 9.17) is 4.74 Å². The van der Waals surface area contributed by atoms with Crippen LogP contribution in [0.1, 0.15) is 20.8 Å². The van der Waals surface area contributed by atoms with Crippen LogP contribution >= 0.6 is 11.3 Å². The van der Waals surface area contributed by atoms with E-state index in [1.54, 1.807) is 54.6 Å². The molecule has 8 nitrogen and oxygen atoms in total. The summed E-state index contributed by atoms with van der Waals surface area (Å²) in [6.07, 6.45) is -1.32. The van der Waals surface area contributed by atoms with Crippen LogP contribution in [0.2, 0.25) is 0 Å². The summed E-state index contributed by atoms with van der Waals surface area (Å²) in [5.41, 5.74) is -1.72. The Labute approximate surface area is 246 Å². The van der Waals surface area contributed by atoms with E-state index in [0.29, 0.717) is 22.3 Å². The summed E-state index contributed by atoms with van der Waals surface area (Å²) < 4.78 is 63.1. The van der Waals surface area contributed by atoms with Crippen molar-refractivity contribution >= 4 is 33.9 Å². The monoisotopic (exact) mass is 617 g/mol. The average molecular weight is 618 g/mol. The number of thiophene rings is 1. The summed E-state index contributed by atoms with van der Waals surface area (Å²) in [6.45, 7) is -0.0162. The van der Waals surface area contributed by atoms with E-state index in [2.05, 4.69) is 10.5 Å². The molecule has 0 fully saturated rings. The van der Waals surface area contributed by atoms with E-state index in [0.717, 1.165) is 4.88 Å². The van der Waals surface area contributed by atoms with E-state index < -0.39 is 57.7 Å². The second-order valence-corrected chi connectivity index (χ2v) is 11.7. The maximum atomic E-state index is 14.7. The number of ether oxygens (including phenoxy) is 1. The molecule has 220 valence electrons. The molecule has 2 N–H and O–H groups in total. The number of rotatable bonds is 13. The van der Waals surface area contributed by atoms with Crippen LogP contribution in [0.3, 0.4) is 0 Å². The third-order valence-electron chi connectivity index (χ3n) is 6.33. The van der Waals surface area contributed by atoms with Crippen molar-refractivity contribution in [3.05, 3.63) is 117 Å². The first-order chi connectivity index (χ1) is 20.2. The summed E-state index contributed by atoms with van der Waals surface area (Å²) in [5.74, 6) is -5.79. The third kappa shape index (κ3) is 7.48. The molecule has 0 aliphatic rings. The minimum atomic E-state index is -1.82. The number of aliphatic hydroxyl groups is 1. The van der Waals surface area contributed by atoms with Crippen LogP contribution in [-0.4, -0.2) is 45.3 Å². The SMILES string of the molecule is COc1cccc(S(=O)N(Cc2cccs2)CC(O)C(Cc2ccccc2)NC(=O)c2cc(F)c(F)c(N=O)c2F)c1. The van der Waals surface area contributed by atoms with Gasteiger partial charge in [0.15, 0.2) is 23.1 Å². The first-order valence-corrected chi connectivity index (χ1v) is 14.6. The zero-order valence-electron chi connectivity index (χ0n) is 22.2. The smallest absolute Gasteiger partial charge is 0.254 e. The van der Waals surface area contributed by atoms with Gasteiger partial charge in [0, 0.05) is 18.0 Å². The van der Waals surface area contributed by atoms with Crippen molar-refractivity contribution in [1.29, 1.82) is 0 Å². The Morgan fingerprint density at radius 3 is 2.50 bits per heavy atom. The highest BCUT2D eigenvalue weighted by atomic mass is 32.2. The maximum Gasteiger partial charge on any atom is 0.254 e. The van der Waals surface area contributed by atoms with Crippen molar-refractivity contribution in [2.45, 2.75) is 30.0 Å². The fraction of sp³-hybridized carbons (Fsp3) is 0.207. The van der Waals surface area contributed by atoms with E-state index in [1.807, 2.05) is 17.5 Å². The number of methoxy groups -OCH3 is 1. The minimum Gasteiger partial charge on any atom is -0.497 e. The van der Waals surface area contributed by atoms with Crippen LogP contribution in [0.5, 0.6) is 5.75 Å². The van der Waals surface area contributed by atoms with E-state index in [1.165, 1.54) is 22.8 Å². The van der Waals surface area contributed by atoms with Gasteiger partial charge in [0.05, 0.1) is 29.7 Å². The molecule has 0 aliphatic heterocycles. The van der Waals surface area contributed by atoms with Crippen molar-refractivity contribution in [3.63, 3.8) is 0 Å². The number of nitrogens with zero attached hydrogens (tertiary/aromatic N) is 2. The van der Waals surface area contributed by atoms with Crippen LogP contribution in [0.4, 0.5) is 18.9 Å². The van der Waals surface area contributed by atoms with Gasteiger partial charge in [-0.1, -0.05) is 42.5 Å². The highest BCUT2D eigenvalue weighted by Crippen LogP contribution is 2.28. The van der Waals surface area contributed by atoms with Gasteiger partial charge in [0.2, 0.25) is 0 Å². The van der Waals surface area contributed by atoms with Crippen LogP contribution in [0.25, 0.3) is 0 Å². The van der Waals surface area contributed by atoms with Crippen LogP contribution in [0.15, 0.2) is 88.2 Å². The Morgan fingerprint density at radius 1 is 1.07 bits per heavy atom. The lowest BCUT2D eigenvalue weighted by atomic mass is 10.00. The number of amides is 1. The number of nitroso groups, excluding NO2 is 1. The summed E-state index contributed by atoms with van der Waals surface area (Å²) in [5, 5.41) is 17.9. The molecule has 13 heteroatoms. The van der Waals surface area contributed by atoms with Crippen LogP contribution in [-0.2, 0) is 24.0 Å². The highest BCUT2D eigenvalue weighted by molar-refractivity contribution is 7.82. The molecule has 4 aromatic rings. The maximum absolute atomic E-state index is 14.7. The number of benzene rings is 3. The fourth-order valence-electron chi connectivity index (χ4n) is 4.20. The lowest BCUT2D eigenvalue weighted by molar-refractivity contribution is 0.0779. The van der Waals surface area contributed by atoms with Gasteiger partial charge in [0.25, 0.3) is 5.91 Å². The molecule has 3 atom stereocenters. The number of halogens is 3. The van der Waals surface area contributed by atoms with Gasteiger partial charge in [-0.05, 0) is 52.9 Å². The fourth-order valence-corrected chi connectivity index (χ4v) is 6.25. The number of hydrogen-bond donors (Lipinski definition) is 2. The number of carbonyl (C=O) groups excluding carboxylic acids is 1. The van der Waals surface area contributed by atoms with Crippen LogP contribution < -0.4 is 10.1 Å². The summed E-state index contributed by atoms with van der Waals surface area (Å²) in [7, 11) is -0.293. The van der Waals surface area contributed by atoms with Gasteiger partial charge in [-0.3, -0.25) is 4.79 Å². The standard InChI is InChI=1S/C29H26F3N3O5S2/c1-40-19-9-5-11-21(14-19)42(39)35(16-20-10-6-12-41-20)17-25(36)24(13-18-7-3-2-4-8-18)33-29(37)22-15-23(30)27(32)28(34-38)26(22)31/h2-12,14-15,24-25,36H,13,16-17H2,1H3,(H,33,37). The predicted molar refractivity (Wildman–Crippen MR) is 153 cm³/mol. The lowest BCUT2D eigenvalue weighted by Crippen LogP contribution is -2.49. The van der Waals surface area contributed by atoms with Crippen LogP contribution in [0, 0.1) is 22.4 Å². The molecule has 1 amide bonds. The molecule has 1 aromatic heterocycles. The molecule has 0 saturated carbocycles. The summed E-state index contributed by atoms with van der Waals surface area (Å²) >= 11 is 1.43. The average Bonchev–Trinajstić information content (AvgIpc) is 3.52. The Balaban J connectivity index is 1.65. The topological polar surface area (TPSA) is 108 Å². The molecule has 0 bridgehead atoms. The first-order valence-electron chi connectivity index (χ1n) is 12.6. The molecule has 0 spiro atoms. The van der Waals surface area contributed by atoms with Gasteiger partial charge in [-0.25, -0.2) is 21.7 Å². The van der Waals surface area contributed by atoms with Crippen molar-refractivity contribution in [2.24, 2.45) is 5.18 Å². The summed E-state index contributed by atoms with van der Waals surface area (Å²) in [6, 6.07) is 18.3. The number of nitrogens with one attached hydrogen (secondary N) is 1. The molecular weight excluding hydrogens is 591 g/mol. The predicted octanol–water partition coefficient (Wildman–Crippen LogP) is 5.50. The molecule has 0 saturated heterocycles. The number of hydrogen-bond acceptors (Lipinski definition) is 7. The Bertz CT molecular complexity index is 1560. The zero-order chi connectivity index (χ0) is 30.2. The quantitative estimate of drug-likeness (QED) is 0.152. The van der Waals surface area contributed by atoms with E-state index >= 15 is 0 Å². The Morgan fingerprint density at radius 2 is 1.83 bits per heavy atom. The van der Waals surface area contributed by atoms with Gasteiger partial charge >= 0.3 is 0 Å². The Kier molecular flexibility index (Phi) is 10.6. The van der Waals surface area contributed by atoms with E-state index in [-0.39, 0.29) is 19.5 Å². The van der Waals surface area contributed by atoms with Gasteiger partial charge in [0.1, 0.15) is 16.7 Å². The summed E-state index contributed by atoms with van der Waals surface area (Å²) in [4.78, 5) is 25.3. The molecule has 0 radical (unpaired) electrons. The van der Waals surface area contributed by atoms with Gasteiger partial charge in [-0.2, -0.15) is 0 Å². The van der Waals surface area contributed by atoms with E-state index in [9.17, 15) is 32.2 Å². The molecule has 3 aromatic carbocycles. The van der Waals surface area contributed by atoms with Gasteiger partial charge < -0.3 is 15.2 Å². The highest BCUT2D eigenvalue weighted by Gasteiger charge is 2.30. The molecule has 3 unspecified atom stereocenters. The first kappa shape index (κ1) is 31.0. The molecule has 4 rings (SSSR count). The second-order valence-electron chi connectivity index (χ2n) is 9.14. The van der Waals surface area contributed by atoms with Crippen molar-refractivity contribution in [3.8, 4) is 5.75 Å². The van der Waals surface area contributed by atoms with Gasteiger partial charge in [-0.15, -0.1) is 16.2 Å². The molecular formula is C29H26F3N3O5S2. The van der Waals surface area contributed by atoms with Crippen molar-refractivity contribution in [1.82, 2.24) is 9.62 Å². The van der Waals surface area contributed by atoms with Crippen molar-refractivity contribution in [2.75, 3.05) is 13.7 Å². The Hall–Kier alpha value is -3.91. The lowest BCUT2D eigenvalue weighted by Gasteiger charge is -2.29. The molecule has 1 heterocycles. The molecule has 0 aliphatic carbocycles.